The lowest BCUT2D eigenvalue weighted by Gasteiger charge is -2.10. The molecule has 7 nitrogen and oxygen atoms in total. The Morgan fingerprint density at radius 2 is 2.04 bits per heavy atom. The average Bonchev–Trinajstić information content (AvgIpc) is 3.22. The van der Waals surface area contributed by atoms with E-state index < -0.39 is 18.1 Å². The molecule has 0 fully saturated rings. The first kappa shape index (κ1) is 17.9. The molecule has 2 heterocycles. The van der Waals surface area contributed by atoms with Crippen LogP contribution < -0.4 is 4.74 Å². The molecule has 0 aliphatic rings. The molecular weight excluding hydrogens is 351 g/mol. The molecular formula is C16H16F3N5O2. The van der Waals surface area contributed by atoms with Crippen LogP contribution in [0.2, 0.25) is 0 Å². The highest BCUT2D eigenvalue weighted by Gasteiger charge is 2.38. The van der Waals surface area contributed by atoms with Gasteiger partial charge in [-0.2, -0.15) is 18.2 Å². The number of hydrogen-bond donors (Lipinski definition) is 0. The maximum atomic E-state index is 12.8. The Labute approximate surface area is 146 Å². The molecule has 3 aromatic rings. The minimum atomic E-state index is -4.61. The van der Waals surface area contributed by atoms with Crippen LogP contribution in [-0.4, -0.2) is 24.9 Å². The molecule has 1 atom stereocenters. The number of hydrogen-bond acceptors (Lipinski definition) is 6. The smallest absolute Gasteiger partial charge is 0.451 e. The fraction of sp³-hybridized carbons (Fsp3) is 0.375. The molecule has 2 aromatic heterocycles. The van der Waals surface area contributed by atoms with Crippen LogP contribution in [0.15, 0.2) is 28.8 Å². The van der Waals surface area contributed by atoms with Gasteiger partial charge in [-0.25, -0.2) is 0 Å². The number of nitrogens with zero attached hydrogens (tertiary/aromatic N) is 5. The molecule has 0 aliphatic heterocycles. The standard InChI is InChI=1S/C16H16F3N5O2/c1-4-10-6-5-7-11(8-10)13-20-12(23-26-13)9(2)25-15-22-21-14(24(15)3)16(17,18)19/h5-9H,4H2,1-3H3/t9-/m1/s1. The zero-order chi connectivity index (χ0) is 18.9. The fourth-order valence-electron chi connectivity index (χ4n) is 2.32. The van der Waals surface area contributed by atoms with Gasteiger partial charge < -0.3 is 9.26 Å². The number of alkyl halides is 3. The van der Waals surface area contributed by atoms with E-state index in [0.717, 1.165) is 22.1 Å². The first-order chi connectivity index (χ1) is 12.3. The molecule has 0 amide bonds. The molecule has 1 aromatic carbocycles. The summed E-state index contributed by atoms with van der Waals surface area (Å²) in [7, 11) is 1.17. The largest absolute Gasteiger partial charge is 0.452 e. The highest BCUT2D eigenvalue weighted by Crippen LogP contribution is 2.30. The van der Waals surface area contributed by atoms with Gasteiger partial charge in [0.15, 0.2) is 6.10 Å². The third-order valence-corrected chi connectivity index (χ3v) is 3.76. The van der Waals surface area contributed by atoms with Crippen LogP contribution in [0.5, 0.6) is 6.01 Å². The Kier molecular flexibility index (Phi) is 4.66. The van der Waals surface area contributed by atoms with Crippen LogP contribution in [-0.2, 0) is 19.6 Å². The van der Waals surface area contributed by atoms with Gasteiger partial charge in [0.2, 0.25) is 11.6 Å². The van der Waals surface area contributed by atoms with Crippen molar-refractivity contribution in [3.63, 3.8) is 0 Å². The van der Waals surface area contributed by atoms with Crippen molar-refractivity contribution in [1.29, 1.82) is 0 Å². The second kappa shape index (κ2) is 6.77. The van der Waals surface area contributed by atoms with Gasteiger partial charge >= 0.3 is 12.2 Å². The van der Waals surface area contributed by atoms with E-state index in [1.807, 2.05) is 31.2 Å². The lowest BCUT2D eigenvalue weighted by atomic mass is 10.1. The second-order valence-electron chi connectivity index (χ2n) is 5.63. The number of benzene rings is 1. The van der Waals surface area contributed by atoms with Crippen molar-refractivity contribution in [2.24, 2.45) is 7.05 Å². The molecule has 0 aliphatic carbocycles. The average molecular weight is 367 g/mol. The van der Waals surface area contributed by atoms with E-state index in [9.17, 15) is 13.2 Å². The molecule has 0 saturated heterocycles. The quantitative estimate of drug-likeness (QED) is 0.686. The van der Waals surface area contributed by atoms with Crippen molar-refractivity contribution in [3.05, 3.63) is 41.5 Å². The Morgan fingerprint density at radius 1 is 1.27 bits per heavy atom. The van der Waals surface area contributed by atoms with Crippen LogP contribution in [0.4, 0.5) is 13.2 Å². The predicted octanol–water partition coefficient (Wildman–Crippen LogP) is 3.59. The van der Waals surface area contributed by atoms with E-state index >= 15 is 0 Å². The first-order valence-electron chi connectivity index (χ1n) is 7.85. The highest BCUT2D eigenvalue weighted by molar-refractivity contribution is 5.54. The molecule has 0 N–H and O–H groups in total. The number of aryl methyl sites for hydroxylation is 1. The van der Waals surface area contributed by atoms with Crippen molar-refractivity contribution in [2.45, 2.75) is 32.5 Å². The predicted molar refractivity (Wildman–Crippen MR) is 84.2 cm³/mol. The van der Waals surface area contributed by atoms with Gasteiger partial charge in [0.25, 0.3) is 5.89 Å². The summed E-state index contributed by atoms with van der Waals surface area (Å²) >= 11 is 0. The van der Waals surface area contributed by atoms with Crippen LogP contribution in [0.25, 0.3) is 11.5 Å². The third-order valence-electron chi connectivity index (χ3n) is 3.76. The van der Waals surface area contributed by atoms with Crippen molar-refractivity contribution in [3.8, 4) is 17.5 Å². The molecule has 0 saturated carbocycles. The van der Waals surface area contributed by atoms with Crippen molar-refractivity contribution in [1.82, 2.24) is 24.9 Å². The van der Waals surface area contributed by atoms with Gasteiger partial charge in [0.1, 0.15) is 0 Å². The number of aromatic nitrogens is 5. The van der Waals surface area contributed by atoms with Gasteiger partial charge in [0, 0.05) is 12.6 Å². The van der Waals surface area contributed by atoms with Crippen molar-refractivity contribution in [2.75, 3.05) is 0 Å². The summed E-state index contributed by atoms with van der Waals surface area (Å²) in [6, 6.07) is 7.35. The summed E-state index contributed by atoms with van der Waals surface area (Å²) in [5.41, 5.74) is 1.87. The fourth-order valence-corrected chi connectivity index (χ4v) is 2.32. The zero-order valence-electron chi connectivity index (χ0n) is 14.3. The van der Waals surface area contributed by atoms with E-state index in [2.05, 4.69) is 20.3 Å². The lowest BCUT2D eigenvalue weighted by Crippen LogP contribution is -2.14. The van der Waals surface area contributed by atoms with Crippen LogP contribution in [0.1, 0.15) is 37.2 Å². The molecule has 10 heteroatoms. The summed E-state index contributed by atoms with van der Waals surface area (Å²) in [6.07, 6.45) is -4.52. The van der Waals surface area contributed by atoms with E-state index in [1.165, 1.54) is 7.05 Å². The molecule has 3 rings (SSSR count). The monoisotopic (exact) mass is 367 g/mol. The number of ether oxygens (including phenoxy) is 1. The maximum Gasteiger partial charge on any atom is 0.451 e. The van der Waals surface area contributed by atoms with Gasteiger partial charge in [-0.15, -0.1) is 5.10 Å². The minimum absolute atomic E-state index is 0.193. The Balaban J connectivity index is 1.78. The van der Waals surface area contributed by atoms with Gasteiger partial charge in [0.05, 0.1) is 0 Å². The van der Waals surface area contributed by atoms with Crippen LogP contribution >= 0.6 is 0 Å². The van der Waals surface area contributed by atoms with Crippen LogP contribution in [0, 0.1) is 0 Å². The van der Waals surface area contributed by atoms with Crippen molar-refractivity contribution < 1.29 is 22.4 Å². The number of rotatable bonds is 5. The van der Waals surface area contributed by atoms with Gasteiger partial charge in [-0.3, -0.25) is 4.57 Å². The summed E-state index contributed by atoms with van der Waals surface area (Å²) < 4.78 is 49.6. The summed E-state index contributed by atoms with van der Waals surface area (Å²) in [5, 5.41) is 10.4. The maximum absolute atomic E-state index is 12.8. The van der Waals surface area contributed by atoms with Gasteiger partial charge in [-0.1, -0.05) is 29.3 Å². The molecule has 0 unspecified atom stereocenters. The van der Waals surface area contributed by atoms with E-state index in [-0.39, 0.29) is 11.8 Å². The third kappa shape index (κ3) is 3.53. The van der Waals surface area contributed by atoms with Crippen LogP contribution in [0.3, 0.4) is 0 Å². The second-order valence-corrected chi connectivity index (χ2v) is 5.63. The Bertz CT molecular complexity index is 903. The SMILES string of the molecule is CCc1cccc(-c2nc([C@@H](C)Oc3nnc(C(F)(F)F)n3C)no2)c1. The zero-order valence-corrected chi connectivity index (χ0v) is 14.3. The highest BCUT2D eigenvalue weighted by atomic mass is 19.4. The van der Waals surface area contributed by atoms with E-state index in [4.69, 9.17) is 9.26 Å². The van der Waals surface area contributed by atoms with E-state index in [1.54, 1.807) is 6.92 Å². The first-order valence-corrected chi connectivity index (χ1v) is 7.85. The lowest BCUT2D eigenvalue weighted by molar-refractivity contribution is -0.147. The molecule has 26 heavy (non-hydrogen) atoms. The normalized spacial score (nSPS) is 13.0. The minimum Gasteiger partial charge on any atom is -0.452 e. The van der Waals surface area contributed by atoms with E-state index in [0.29, 0.717) is 5.89 Å². The molecule has 138 valence electrons. The van der Waals surface area contributed by atoms with Gasteiger partial charge in [-0.05, 0) is 31.0 Å². The molecule has 0 radical (unpaired) electrons. The summed E-state index contributed by atoms with van der Waals surface area (Å²) in [5.74, 6) is -0.650. The topological polar surface area (TPSA) is 78.9 Å². The Morgan fingerprint density at radius 3 is 2.69 bits per heavy atom. The summed E-state index contributed by atoms with van der Waals surface area (Å²) in [4.78, 5) is 4.25. The van der Waals surface area contributed by atoms with Crippen molar-refractivity contribution >= 4 is 0 Å². The number of halogens is 3. The molecule has 0 bridgehead atoms. The molecule has 0 spiro atoms. The Hall–Kier alpha value is -2.91. The summed E-state index contributed by atoms with van der Waals surface area (Å²) in [6.45, 7) is 3.61.